The zero-order valence-electron chi connectivity index (χ0n) is 27.5. The van der Waals surface area contributed by atoms with Crippen molar-refractivity contribution < 1.29 is 22.8 Å². The summed E-state index contributed by atoms with van der Waals surface area (Å²) in [5, 5.41) is 3.68. The highest BCUT2D eigenvalue weighted by atomic mass is 19.4. The molecule has 0 radical (unpaired) electrons. The van der Waals surface area contributed by atoms with Gasteiger partial charge in [0.05, 0.1) is 12.0 Å². The summed E-state index contributed by atoms with van der Waals surface area (Å²) >= 11 is 0. The number of amides is 2. The molecule has 48 heavy (non-hydrogen) atoms. The van der Waals surface area contributed by atoms with Gasteiger partial charge in [0.15, 0.2) is 0 Å². The number of rotatable bonds is 7. The number of alkyl halides is 3. The van der Waals surface area contributed by atoms with E-state index in [9.17, 15) is 18.0 Å². The van der Waals surface area contributed by atoms with Crippen molar-refractivity contribution >= 4 is 11.8 Å². The highest BCUT2D eigenvalue weighted by Crippen LogP contribution is 2.56. The van der Waals surface area contributed by atoms with Crippen molar-refractivity contribution in [3.8, 4) is 0 Å². The van der Waals surface area contributed by atoms with Gasteiger partial charge in [-0.05, 0) is 135 Å². The van der Waals surface area contributed by atoms with E-state index in [0.717, 1.165) is 56.2 Å². The van der Waals surface area contributed by atoms with E-state index in [1.54, 1.807) is 4.90 Å². The third-order valence-electron chi connectivity index (χ3n) is 12.8. The highest BCUT2D eigenvalue weighted by molar-refractivity contribution is 5.93. The number of nitrogens with zero attached hydrogens (tertiary/aromatic N) is 1. The summed E-state index contributed by atoms with van der Waals surface area (Å²) in [7, 11) is 0. The second-order valence-electron chi connectivity index (χ2n) is 16.0. The van der Waals surface area contributed by atoms with Crippen molar-refractivity contribution in [1.82, 2.24) is 10.2 Å². The fraction of sp³-hybridized carbons (Fsp3) is 0.512. The quantitative estimate of drug-likeness (QED) is 0.279. The minimum absolute atomic E-state index is 0.0462. The Labute approximate surface area is 281 Å². The fourth-order valence-corrected chi connectivity index (χ4v) is 10.9. The predicted molar refractivity (Wildman–Crippen MR) is 179 cm³/mol. The van der Waals surface area contributed by atoms with Gasteiger partial charge < -0.3 is 10.2 Å². The van der Waals surface area contributed by atoms with E-state index in [1.165, 1.54) is 42.5 Å². The van der Waals surface area contributed by atoms with Crippen LogP contribution in [0.15, 0.2) is 78.9 Å². The molecule has 6 aliphatic rings. The van der Waals surface area contributed by atoms with E-state index in [-0.39, 0.29) is 36.2 Å². The lowest BCUT2D eigenvalue weighted by atomic mass is 9.52. The Morgan fingerprint density at radius 2 is 1.31 bits per heavy atom. The van der Waals surface area contributed by atoms with Crippen molar-refractivity contribution in [3.63, 3.8) is 0 Å². The number of benzene rings is 3. The zero-order chi connectivity index (χ0) is 33.1. The van der Waals surface area contributed by atoms with Crippen molar-refractivity contribution in [2.45, 2.75) is 101 Å². The molecular formula is C41H45F3N2O2. The van der Waals surface area contributed by atoms with Crippen LogP contribution in [0.3, 0.4) is 0 Å². The normalized spacial score (nSPS) is 31.9. The van der Waals surface area contributed by atoms with Crippen molar-refractivity contribution in [2.75, 3.05) is 0 Å². The van der Waals surface area contributed by atoms with Crippen LogP contribution in [0, 0.1) is 29.6 Å². The topological polar surface area (TPSA) is 49.4 Å². The number of hydrogen-bond donors (Lipinski definition) is 1. The summed E-state index contributed by atoms with van der Waals surface area (Å²) in [4.78, 5) is 31.7. The van der Waals surface area contributed by atoms with E-state index < -0.39 is 17.3 Å². The van der Waals surface area contributed by atoms with Crippen LogP contribution in [0.25, 0.3) is 0 Å². The van der Waals surface area contributed by atoms with Gasteiger partial charge in [0.2, 0.25) is 11.8 Å². The predicted octanol–water partition coefficient (Wildman–Crippen LogP) is 8.32. The molecule has 2 amide bonds. The Bertz CT molecular complexity index is 1630. The second-order valence-corrected chi connectivity index (χ2v) is 16.0. The molecule has 0 saturated heterocycles. The van der Waals surface area contributed by atoms with Crippen molar-refractivity contribution in [2.24, 2.45) is 29.6 Å². The van der Waals surface area contributed by atoms with Crippen LogP contribution < -0.4 is 5.32 Å². The van der Waals surface area contributed by atoms with Crippen LogP contribution >= 0.6 is 0 Å². The highest BCUT2D eigenvalue weighted by Gasteiger charge is 2.57. The largest absolute Gasteiger partial charge is 0.416 e. The average molecular weight is 655 g/mol. The molecule has 5 fully saturated rings. The van der Waals surface area contributed by atoms with Crippen LogP contribution in [0.5, 0.6) is 0 Å². The molecule has 4 nitrogen and oxygen atoms in total. The summed E-state index contributed by atoms with van der Waals surface area (Å²) < 4.78 is 40.5. The van der Waals surface area contributed by atoms with Gasteiger partial charge in [0.25, 0.3) is 0 Å². The third-order valence-corrected chi connectivity index (χ3v) is 12.8. The van der Waals surface area contributed by atoms with Gasteiger partial charge in [-0.25, -0.2) is 0 Å². The number of carbonyl (C=O) groups is 2. The molecule has 7 heteroatoms. The van der Waals surface area contributed by atoms with Crippen LogP contribution in [-0.2, 0) is 41.6 Å². The standard InChI is InChI=1S/C41H45F3N2O2/c42-41(43,44)36-12-10-28(11-13-36)26-46(37(47)19-27-6-2-1-3-7-27)40(15-14-34-20-32-8-4-5-9-33(32)21-35(34)25-40)38(48)45-39-22-29-16-30(23-39)18-31(17-29)24-39/h1-13,29-31,34-35H,14-26H2,(H,45,48)/t29?,30?,31?,34-,35+,39?,40-/m1/s1. The first-order valence-corrected chi connectivity index (χ1v) is 18.0. The van der Waals surface area contributed by atoms with Crippen LogP contribution in [0.4, 0.5) is 13.2 Å². The maximum Gasteiger partial charge on any atom is 0.416 e. The number of halogens is 3. The van der Waals surface area contributed by atoms with E-state index in [0.29, 0.717) is 42.1 Å². The molecule has 4 bridgehead atoms. The molecule has 9 rings (SSSR count). The molecule has 0 unspecified atom stereocenters. The number of nitrogens with one attached hydrogen (secondary N) is 1. The van der Waals surface area contributed by atoms with Crippen molar-refractivity contribution in [3.05, 3.63) is 107 Å². The van der Waals surface area contributed by atoms with Crippen LogP contribution in [0.2, 0.25) is 0 Å². The van der Waals surface area contributed by atoms with Gasteiger partial charge in [0, 0.05) is 12.1 Å². The van der Waals surface area contributed by atoms with E-state index in [4.69, 9.17) is 0 Å². The number of carbonyl (C=O) groups excluding carboxylic acids is 2. The Hall–Kier alpha value is -3.61. The molecule has 252 valence electrons. The van der Waals surface area contributed by atoms with Crippen LogP contribution in [-0.4, -0.2) is 27.8 Å². The molecule has 3 atom stereocenters. The van der Waals surface area contributed by atoms with E-state index in [1.807, 2.05) is 30.3 Å². The monoisotopic (exact) mass is 654 g/mol. The van der Waals surface area contributed by atoms with Gasteiger partial charge in [-0.1, -0.05) is 66.7 Å². The molecule has 6 aliphatic carbocycles. The number of hydrogen-bond acceptors (Lipinski definition) is 2. The first-order chi connectivity index (χ1) is 23.1. The lowest BCUT2D eigenvalue weighted by molar-refractivity contribution is -0.157. The smallest absolute Gasteiger partial charge is 0.349 e. The van der Waals surface area contributed by atoms with Gasteiger partial charge in [-0.2, -0.15) is 13.2 Å². The molecule has 3 aromatic rings. The Balaban J connectivity index is 1.18. The first kappa shape index (κ1) is 31.6. The Kier molecular flexibility index (Phi) is 7.95. The molecule has 0 spiro atoms. The van der Waals surface area contributed by atoms with Gasteiger partial charge in [-0.15, -0.1) is 0 Å². The molecule has 3 aromatic carbocycles. The SMILES string of the molecule is O=C(Cc1ccccc1)N(Cc1ccc(C(F)(F)F)cc1)[C@]1(C(=O)NC23CC4CC(CC(C4)C2)C3)CC[C@@H]2Cc3ccccc3C[C@H]2C1. The molecule has 0 heterocycles. The summed E-state index contributed by atoms with van der Waals surface area (Å²) in [5.74, 6) is 2.42. The summed E-state index contributed by atoms with van der Waals surface area (Å²) in [6.07, 6.45) is 6.29. The maximum absolute atomic E-state index is 15.2. The first-order valence-electron chi connectivity index (χ1n) is 18.0. The summed E-state index contributed by atoms with van der Waals surface area (Å²) in [6, 6.07) is 23.3. The van der Waals surface area contributed by atoms with Gasteiger partial charge >= 0.3 is 6.18 Å². The molecular weight excluding hydrogens is 609 g/mol. The van der Waals surface area contributed by atoms with E-state index >= 15 is 4.79 Å². The maximum atomic E-state index is 15.2. The zero-order valence-corrected chi connectivity index (χ0v) is 27.5. The average Bonchev–Trinajstić information content (AvgIpc) is 3.05. The Morgan fingerprint density at radius 1 is 0.729 bits per heavy atom. The minimum atomic E-state index is -4.45. The minimum Gasteiger partial charge on any atom is -0.349 e. The summed E-state index contributed by atoms with van der Waals surface area (Å²) in [5.41, 5.74) is 2.12. The molecule has 5 saturated carbocycles. The summed E-state index contributed by atoms with van der Waals surface area (Å²) in [6.45, 7) is 0.0894. The third kappa shape index (κ3) is 5.96. The van der Waals surface area contributed by atoms with Gasteiger partial charge in [-0.3, -0.25) is 9.59 Å². The second kappa shape index (κ2) is 12.1. The fourth-order valence-electron chi connectivity index (χ4n) is 10.9. The lowest BCUT2D eigenvalue weighted by Gasteiger charge is -2.58. The van der Waals surface area contributed by atoms with E-state index in [2.05, 4.69) is 29.6 Å². The number of fused-ring (bicyclic) bond motifs is 2. The van der Waals surface area contributed by atoms with Gasteiger partial charge in [0.1, 0.15) is 5.54 Å². The van der Waals surface area contributed by atoms with Crippen LogP contribution in [0.1, 0.15) is 85.6 Å². The Morgan fingerprint density at radius 3 is 1.92 bits per heavy atom. The molecule has 0 aliphatic heterocycles. The molecule has 1 N–H and O–H groups in total. The lowest BCUT2D eigenvalue weighted by Crippen LogP contribution is -2.69. The van der Waals surface area contributed by atoms with Crippen molar-refractivity contribution in [1.29, 1.82) is 0 Å². The molecule has 0 aromatic heterocycles.